The first-order chi connectivity index (χ1) is 10.8. The lowest BCUT2D eigenvalue weighted by Crippen LogP contribution is -2.13. The normalized spacial score (nSPS) is 23.5. The van der Waals surface area contributed by atoms with Crippen LogP contribution in [0.15, 0.2) is 53.4 Å². The Kier molecular flexibility index (Phi) is 3.90. The lowest BCUT2D eigenvalue weighted by atomic mass is 10.1. The molecule has 1 saturated carbocycles. The predicted octanol–water partition coefficient (Wildman–Crippen LogP) is 3.12. The Balaban J connectivity index is 1.98. The van der Waals surface area contributed by atoms with Crippen LogP contribution in [0.3, 0.4) is 0 Å². The summed E-state index contributed by atoms with van der Waals surface area (Å²) in [6, 6.07) is 10.8. The standard InChI is InChI=1S/C16H12ClFO4S/c17-10-3-7-12(8-4-10)23(21,22)15-13(14(15)16(19)20)9-1-5-11(18)6-2-9/h1-8,13-15H,(H,19,20)/t13-,14-,15+/m1/s1. The third-order valence-corrected chi connectivity index (χ3v) is 6.48. The molecular weight excluding hydrogens is 343 g/mol. The second-order valence-electron chi connectivity index (χ2n) is 5.40. The topological polar surface area (TPSA) is 71.4 Å². The predicted molar refractivity (Wildman–Crippen MR) is 82.7 cm³/mol. The molecule has 0 saturated heterocycles. The Morgan fingerprint density at radius 3 is 2.13 bits per heavy atom. The smallest absolute Gasteiger partial charge is 0.308 e. The molecule has 1 aliphatic carbocycles. The van der Waals surface area contributed by atoms with Gasteiger partial charge in [-0.3, -0.25) is 4.79 Å². The Morgan fingerprint density at radius 1 is 1.04 bits per heavy atom. The van der Waals surface area contributed by atoms with Crippen molar-refractivity contribution in [3.8, 4) is 0 Å². The molecule has 0 aromatic heterocycles. The van der Waals surface area contributed by atoms with E-state index in [4.69, 9.17) is 11.6 Å². The van der Waals surface area contributed by atoms with Gasteiger partial charge in [-0.25, -0.2) is 12.8 Å². The van der Waals surface area contributed by atoms with Crippen molar-refractivity contribution in [2.24, 2.45) is 5.92 Å². The minimum atomic E-state index is -3.82. The number of sulfone groups is 1. The van der Waals surface area contributed by atoms with Gasteiger partial charge in [0.2, 0.25) is 0 Å². The molecule has 23 heavy (non-hydrogen) atoms. The summed E-state index contributed by atoms with van der Waals surface area (Å²) in [4.78, 5) is 11.4. The van der Waals surface area contributed by atoms with Crippen LogP contribution in [-0.4, -0.2) is 24.7 Å². The molecule has 4 nitrogen and oxygen atoms in total. The molecule has 0 aliphatic heterocycles. The van der Waals surface area contributed by atoms with Gasteiger partial charge in [0.1, 0.15) is 5.82 Å². The fourth-order valence-electron chi connectivity index (χ4n) is 2.83. The van der Waals surface area contributed by atoms with Crippen molar-refractivity contribution in [2.45, 2.75) is 16.1 Å². The monoisotopic (exact) mass is 354 g/mol. The van der Waals surface area contributed by atoms with E-state index in [1.165, 1.54) is 48.5 Å². The summed E-state index contributed by atoms with van der Waals surface area (Å²) in [6.45, 7) is 0. The van der Waals surface area contributed by atoms with E-state index < -0.39 is 38.7 Å². The van der Waals surface area contributed by atoms with Gasteiger partial charge >= 0.3 is 5.97 Å². The van der Waals surface area contributed by atoms with Gasteiger partial charge in [0.05, 0.1) is 16.1 Å². The fraction of sp³-hybridized carbons (Fsp3) is 0.188. The second-order valence-corrected chi connectivity index (χ2v) is 7.95. The maximum atomic E-state index is 13.0. The lowest BCUT2D eigenvalue weighted by Gasteiger charge is -2.04. The fourth-order valence-corrected chi connectivity index (χ4v) is 5.08. The van der Waals surface area contributed by atoms with Gasteiger partial charge in [-0.1, -0.05) is 23.7 Å². The Hall–Kier alpha value is -1.92. The van der Waals surface area contributed by atoms with E-state index in [2.05, 4.69) is 0 Å². The first kappa shape index (κ1) is 16.0. The van der Waals surface area contributed by atoms with Crippen molar-refractivity contribution in [1.29, 1.82) is 0 Å². The van der Waals surface area contributed by atoms with Gasteiger partial charge < -0.3 is 5.11 Å². The van der Waals surface area contributed by atoms with E-state index in [0.717, 1.165) is 0 Å². The SMILES string of the molecule is O=C(O)[C@@H]1[C@@H](c2ccc(F)cc2)[C@@H]1S(=O)(=O)c1ccc(Cl)cc1. The quantitative estimate of drug-likeness (QED) is 0.915. The van der Waals surface area contributed by atoms with Gasteiger partial charge in [-0.05, 0) is 42.0 Å². The van der Waals surface area contributed by atoms with Crippen LogP contribution in [-0.2, 0) is 14.6 Å². The largest absolute Gasteiger partial charge is 0.481 e. The Bertz CT molecular complexity index is 847. The molecule has 7 heteroatoms. The first-order valence-corrected chi connectivity index (χ1v) is 8.72. The molecule has 0 spiro atoms. The number of carboxylic acids is 1. The molecule has 1 N–H and O–H groups in total. The van der Waals surface area contributed by atoms with Crippen LogP contribution in [0.25, 0.3) is 0 Å². The van der Waals surface area contributed by atoms with Crippen molar-refractivity contribution < 1.29 is 22.7 Å². The zero-order valence-electron chi connectivity index (χ0n) is 11.7. The summed E-state index contributed by atoms with van der Waals surface area (Å²) in [5.41, 5.74) is 0.501. The first-order valence-electron chi connectivity index (χ1n) is 6.80. The van der Waals surface area contributed by atoms with Gasteiger partial charge in [0.25, 0.3) is 0 Å². The van der Waals surface area contributed by atoms with Crippen LogP contribution < -0.4 is 0 Å². The van der Waals surface area contributed by atoms with Crippen molar-refractivity contribution >= 4 is 27.4 Å². The van der Waals surface area contributed by atoms with E-state index >= 15 is 0 Å². The molecule has 0 bridgehead atoms. The van der Waals surface area contributed by atoms with Crippen LogP contribution in [0, 0.1) is 11.7 Å². The molecule has 1 aliphatic rings. The van der Waals surface area contributed by atoms with Crippen LogP contribution in [0.5, 0.6) is 0 Å². The summed E-state index contributed by atoms with van der Waals surface area (Å²) >= 11 is 5.75. The van der Waals surface area contributed by atoms with Crippen LogP contribution >= 0.6 is 11.6 Å². The van der Waals surface area contributed by atoms with Gasteiger partial charge in [0, 0.05) is 10.9 Å². The van der Waals surface area contributed by atoms with Crippen molar-refractivity contribution in [2.75, 3.05) is 0 Å². The van der Waals surface area contributed by atoms with E-state index in [9.17, 15) is 22.7 Å². The van der Waals surface area contributed by atoms with Crippen LogP contribution in [0.4, 0.5) is 4.39 Å². The summed E-state index contributed by atoms with van der Waals surface area (Å²) in [6.07, 6.45) is 0. The summed E-state index contributed by atoms with van der Waals surface area (Å²) < 4.78 is 38.4. The van der Waals surface area contributed by atoms with Gasteiger partial charge in [-0.2, -0.15) is 0 Å². The van der Waals surface area contributed by atoms with E-state index in [0.29, 0.717) is 10.6 Å². The number of halogens is 2. The number of carboxylic acid groups (broad SMARTS) is 1. The molecule has 0 unspecified atom stereocenters. The molecular formula is C16H12ClFO4S. The highest BCUT2D eigenvalue weighted by Crippen LogP contribution is 2.54. The van der Waals surface area contributed by atoms with E-state index in [-0.39, 0.29) is 4.90 Å². The molecule has 0 amide bonds. The number of rotatable bonds is 4. The van der Waals surface area contributed by atoms with Crippen molar-refractivity contribution in [3.63, 3.8) is 0 Å². The highest BCUT2D eigenvalue weighted by Gasteiger charge is 2.63. The molecule has 2 aromatic rings. The molecule has 0 heterocycles. The lowest BCUT2D eigenvalue weighted by molar-refractivity contribution is -0.138. The van der Waals surface area contributed by atoms with Crippen molar-refractivity contribution in [1.82, 2.24) is 0 Å². The Morgan fingerprint density at radius 2 is 1.61 bits per heavy atom. The number of carbonyl (C=O) groups is 1. The minimum absolute atomic E-state index is 0.0303. The highest BCUT2D eigenvalue weighted by molar-refractivity contribution is 7.92. The van der Waals surface area contributed by atoms with Crippen LogP contribution in [0.2, 0.25) is 5.02 Å². The molecule has 2 aromatic carbocycles. The van der Waals surface area contributed by atoms with Gasteiger partial charge in [0.15, 0.2) is 9.84 Å². The van der Waals surface area contributed by atoms with E-state index in [1.807, 2.05) is 0 Å². The van der Waals surface area contributed by atoms with E-state index in [1.54, 1.807) is 0 Å². The maximum Gasteiger partial charge on any atom is 0.308 e. The number of aliphatic carboxylic acids is 1. The molecule has 3 atom stereocenters. The second kappa shape index (κ2) is 5.62. The molecule has 1 fully saturated rings. The molecule has 0 radical (unpaired) electrons. The minimum Gasteiger partial charge on any atom is -0.481 e. The average Bonchev–Trinajstić information content (AvgIpc) is 3.25. The molecule has 3 rings (SSSR count). The number of benzene rings is 2. The maximum absolute atomic E-state index is 13.0. The summed E-state index contributed by atoms with van der Waals surface area (Å²) in [7, 11) is -3.82. The summed E-state index contributed by atoms with van der Waals surface area (Å²) in [5, 5.41) is 8.63. The highest BCUT2D eigenvalue weighted by atomic mass is 35.5. The average molecular weight is 355 g/mol. The Labute approximate surface area is 137 Å². The summed E-state index contributed by atoms with van der Waals surface area (Å²) in [5.74, 6) is -3.37. The zero-order chi connectivity index (χ0) is 16.8. The number of hydrogen-bond donors (Lipinski definition) is 1. The van der Waals surface area contributed by atoms with Crippen molar-refractivity contribution in [3.05, 3.63) is 64.9 Å². The number of hydrogen-bond acceptors (Lipinski definition) is 3. The third-order valence-electron chi connectivity index (χ3n) is 3.99. The third kappa shape index (κ3) is 2.84. The molecule has 120 valence electrons. The van der Waals surface area contributed by atoms with Crippen LogP contribution in [0.1, 0.15) is 11.5 Å². The zero-order valence-corrected chi connectivity index (χ0v) is 13.3. The van der Waals surface area contributed by atoms with Gasteiger partial charge in [-0.15, -0.1) is 0 Å².